The molecule has 1 N–H and O–H groups in total. The first kappa shape index (κ1) is 14.2. The third kappa shape index (κ3) is 3.42. The van der Waals surface area contributed by atoms with E-state index in [0.717, 1.165) is 12.8 Å². The number of carbonyl (C=O) groups excluding carboxylic acids is 1. The van der Waals surface area contributed by atoms with E-state index in [1.807, 2.05) is 6.92 Å². The Balaban J connectivity index is 2.13. The van der Waals surface area contributed by atoms with E-state index in [-0.39, 0.29) is 12.6 Å². The second-order valence-corrected chi connectivity index (χ2v) is 4.35. The maximum absolute atomic E-state index is 11.9. The molecule has 0 aliphatic rings. The summed E-state index contributed by atoms with van der Waals surface area (Å²) in [6.45, 7) is 2.30. The van der Waals surface area contributed by atoms with E-state index in [1.165, 1.54) is 4.68 Å². The van der Waals surface area contributed by atoms with Gasteiger partial charge in [0.15, 0.2) is 0 Å². The van der Waals surface area contributed by atoms with E-state index in [0.29, 0.717) is 23.6 Å². The number of rotatable bonds is 6. The molecule has 106 valence electrons. The molecule has 0 spiro atoms. The number of aromatic nitrogens is 3. The van der Waals surface area contributed by atoms with Crippen LogP contribution in [-0.4, -0.2) is 32.7 Å². The number of carbonyl (C=O) groups is 1. The normalized spacial score (nSPS) is 10.5. The molecule has 0 unspecified atom stereocenters. The highest BCUT2D eigenvalue weighted by atomic mass is 16.5. The fraction of sp³-hybridized carbons (Fsp3) is 0.357. The first-order valence-electron chi connectivity index (χ1n) is 6.54. The maximum atomic E-state index is 11.9. The zero-order chi connectivity index (χ0) is 14.4. The highest BCUT2D eigenvalue weighted by molar-refractivity contribution is 5.90. The first-order chi connectivity index (χ1) is 9.74. The zero-order valence-electron chi connectivity index (χ0n) is 11.3. The van der Waals surface area contributed by atoms with Gasteiger partial charge in [0, 0.05) is 0 Å². The number of aliphatic hydroxyl groups is 1. The van der Waals surface area contributed by atoms with Gasteiger partial charge in [-0.2, -0.15) is 0 Å². The van der Waals surface area contributed by atoms with Crippen molar-refractivity contribution >= 4 is 5.97 Å². The number of esters is 1. The van der Waals surface area contributed by atoms with Gasteiger partial charge in [-0.05, 0) is 24.6 Å². The van der Waals surface area contributed by atoms with Gasteiger partial charge in [0.05, 0.1) is 30.7 Å². The van der Waals surface area contributed by atoms with Gasteiger partial charge in [-0.3, -0.25) is 0 Å². The van der Waals surface area contributed by atoms with Crippen LogP contribution in [0.3, 0.4) is 0 Å². The van der Waals surface area contributed by atoms with Crippen molar-refractivity contribution in [3.63, 3.8) is 0 Å². The standard InChI is InChI=1S/C14H17N3O3/c1-2-3-7-20-14(19)11-5-4-6-13(8-11)17-9-12(10-18)15-16-17/h4-6,8-9,18H,2-3,7,10H2,1H3. The molecule has 0 aliphatic carbocycles. The van der Waals surface area contributed by atoms with Gasteiger partial charge in [-0.15, -0.1) is 5.10 Å². The third-order valence-corrected chi connectivity index (χ3v) is 2.78. The molecule has 1 aromatic heterocycles. The lowest BCUT2D eigenvalue weighted by Gasteiger charge is -2.05. The van der Waals surface area contributed by atoms with Crippen LogP contribution in [0, 0.1) is 0 Å². The van der Waals surface area contributed by atoms with Gasteiger partial charge in [0.1, 0.15) is 5.69 Å². The quantitative estimate of drug-likeness (QED) is 0.641. The Labute approximate surface area is 117 Å². The first-order valence-corrected chi connectivity index (χ1v) is 6.54. The van der Waals surface area contributed by atoms with Gasteiger partial charge in [0.25, 0.3) is 0 Å². The largest absolute Gasteiger partial charge is 0.462 e. The molecule has 0 aliphatic heterocycles. The number of benzene rings is 1. The summed E-state index contributed by atoms with van der Waals surface area (Å²) >= 11 is 0. The maximum Gasteiger partial charge on any atom is 0.338 e. The number of unbranched alkanes of at least 4 members (excludes halogenated alkanes) is 1. The van der Waals surface area contributed by atoms with Crippen LogP contribution in [0.5, 0.6) is 0 Å². The predicted molar refractivity (Wildman–Crippen MR) is 72.5 cm³/mol. The number of aliphatic hydroxyl groups excluding tert-OH is 1. The molecular formula is C14H17N3O3. The summed E-state index contributed by atoms with van der Waals surface area (Å²) in [6, 6.07) is 6.94. The second kappa shape index (κ2) is 6.81. The van der Waals surface area contributed by atoms with Gasteiger partial charge >= 0.3 is 5.97 Å². The summed E-state index contributed by atoms with van der Waals surface area (Å²) < 4.78 is 6.67. The number of ether oxygens (including phenoxy) is 1. The monoisotopic (exact) mass is 275 g/mol. The molecule has 0 saturated heterocycles. The minimum absolute atomic E-state index is 0.168. The van der Waals surface area contributed by atoms with Crippen molar-refractivity contribution in [3.05, 3.63) is 41.7 Å². The Kier molecular flexibility index (Phi) is 4.84. The average Bonchev–Trinajstić information content (AvgIpc) is 2.96. The highest BCUT2D eigenvalue weighted by Crippen LogP contribution is 2.11. The van der Waals surface area contributed by atoms with E-state index >= 15 is 0 Å². The van der Waals surface area contributed by atoms with Gasteiger partial charge in [-0.1, -0.05) is 24.6 Å². The highest BCUT2D eigenvalue weighted by Gasteiger charge is 2.09. The van der Waals surface area contributed by atoms with Gasteiger partial charge in [0.2, 0.25) is 0 Å². The molecule has 6 heteroatoms. The Hall–Kier alpha value is -2.21. The molecule has 2 rings (SSSR count). The number of hydrogen-bond acceptors (Lipinski definition) is 5. The topological polar surface area (TPSA) is 77.2 Å². The van der Waals surface area contributed by atoms with Crippen molar-refractivity contribution in [1.29, 1.82) is 0 Å². The van der Waals surface area contributed by atoms with Crippen LogP contribution < -0.4 is 0 Å². The fourth-order valence-electron chi connectivity index (χ4n) is 1.66. The van der Waals surface area contributed by atoms with Crippen molar-refractivity contribution in [2.45, 2.75) is 26.4 Å². The Morgan fingerprint density at radius 2 is 2.30 bits per heavy atom. The third-order valence-electron chi connectivity index (χ3n) is 2.78. The Bertz CT molecular complexity index is 581. The van der Waals surface area contributed by atoms with Crippen molar-refractivity contribution in [1.82, 2.24) is 15.0 Å². The molecule has 1 heterocycles. The van der Waals surface area contributed by atoms with Crippen LogP contribution in [0.15, 0.2) is 30.5 Å². The van der Waals surface area contributed by atoms with E-state index in [9.17, 15) is 4.79 Å². The van der Waals surface area contributed by atoms with Crippen LogP contribution in [0.1, 0.15) is 35.8 Å². The summed E-state index contributed by atoms with van der Waals surface area (Å²) in [5.41, 5.74) is 1.64. The van der Waals surface area contributed by atoms with Crippen LogP contribution in [-0.2, 0) is 11.3 Å². The minimum atomic E-state index is -0.345. The van der Waals surface area contributed by atoms with Crippen LogP contribution in [0.4, 0.5) is 0 Å². The molecule has 0 fully saturated rings. The number of hydrogen-bond donors (Lipinski definition) is 1. The number of nitrogens with zero attached hydrogens (tertiary/aromatic N) is 3. The van der Waals surface area contributed by atoms with E-state index in [4.69, 9.17) is 9.84 Å². The molecular weight excluding hydrogens is 258 g/mol. The zero-order valence-corrected chi connectivity index (χ0v) is 11.3. The molecule has 0 amide bonds. The van der Waals surface area contributed by atoms with E-state index < -0.39 is 0 Å². The van der Waals surface area contributed by atoms with Crippen molar-refractivity contribution < 1.29 is 14.6 Å². The Morgan fingerprint density at radius 1 is 1.45 bits per heavy atom. The SMILES string of the molecule is CCCCOC(=O)c1cccc(-n2cc(CO)nn2)c1. The predicted octanol–water partition coefficient (Wildman–Crippen LogP) is 1.72. The molecule has 1 aromatic carbocycles. The minimum Gasteiger partial charge on any atom is -0.462 e. The summed E-state index contributed by atoms with van der Waals surface area (Å²) in [4.78, 5) is 11.9. The van der Waals surface area contributed by atoms with Gasteiger partial charge < -0.3 is 9.84 Å². The second-order valence-electron chi connectivity index (χ2n) is 4.35. The lowest BCUT2D eigenvalue weighted by Crippen LogP contribution is -2.07. The molecule has 0 bridgehead atoms. The summed E-state index contributed by atoms with van der Waals surface area (Å²) in [5, 5.41) is 16.7. The molecule has 0 radical (unpaired) electrons. The van der Waals surface area contributed by atoms with Crippen LogP contribution >= 0.6 is 0 Å². The molecule has 2 aromatic rings. The van der Waals surface area contributed by atoms with E-state index in [2.05, 4.69) is 10.3 Å². The lowest BCUT2D eigenvalue weighted by atomic mass is 10.2. The van der Waals surface area contributed by atoms with Crippen molar-refractivity contribution in [2.75, 3.05) is 6.61 Å². The average molecular weight is 275 g/mol. The van der Waals surface area contributed by atoms with Gasteiger partial charge in [-0.25, -0.2) is 9.48 Å². The molecule has 0 atom stereocenters. The van der Waals surface area contributed by atoms with Crippen LogP contribution in [0.2, 0.25) is 0 Å². The summed E-state index contributed by atoms with van der Waals surface area (Å²) in [5.74, 6) is -0.345. The molecule has 20 heavy (non-hydrogen) atoms. The smallest absolute Gasteiger partial charge is 0.338 e. The fourth-order valence-corrected chi connectivity index (χ4v) is 1.66. The van der Waals surface area contributed by atoms with E-state index in [1.54, 1.807) is 30.5 Å². The Morgan fingerprint density at radius 3 is 3.00 bits per heavy atom. The van der Waals surface area contributed by atoms with Crippen molar-refractivity contribution in [3.8, 4) is 5.69 Å². The summed E-state index contributed by atoms with van der Waals surface area (Å²) in [6.07, 6.45) is 3.45. The van der Waals surface area contributed by atoms with Crippen molar-refractivity contribution in [2.24, 2.45) is 0 Å². The van der Waals surface area contributed by atoms with Crippen LogP contribution in [0.25, 0.3) is 5.69 Å². The lowest BCUT2D eigenvalue weighted by molar-refractivity contribution is 0.0499. The molecule has 6 nitrogen and oxygen atoms in total. The summed E-state index contributed by atoms with van der Waals surface area (Å²) in [7, 11) is 0. The molecule has 0 saturated carbocycles.